The van der Waals surface area contributed by atoms with Crippen LogP contribution in [0.2, 0.25) is 0 Å². The van der Waals surface area contributed by atoms with Gasteiger partial charge in [0.1, 0.15) is 0 Å². The maximum Gasteiger partial charge on any atom is 0.303 e. The first-order valence-corrected chi connectivity index (χ1v) is 4.82. The van der Waals surface area contributed by atoms with Crippen LogP contribution in [0.25, 0.3) is 0 Å². The average molecular weight is 209 g/mol. The second-order valence-electron chi connectivity index (χ2n) is 3.49. The zero-order chi connectivity index (χ0) is 11.4. The summed E-state index contributed by atoms with van der Waals surface area (Å²) in [6.45, 7) is 3.79. The molecule has 0 atom stereocenters. The fourth-order valence-corrected chi connectivity index (χ4v) is 1.36. The number of nitrogens with zero attached hydrogens (tertiary/aromatic N) is 2. The van der Waals surface area contributed by atoms with Gasteiger partial charge in [-0.2, -0.15) is 0 Å². The van der Waals surface area contributed by atoms with Gasteiger partial charge in [-0.1, -0.05) is 0 Å². The molecule has 0 fully saturated rings. The number of rotatable bonds is 4. The van der Waals surface area contributed by atoms with Gasteiger partial charge in [-0.3, -0.25) is 4.79 Å². The molecule has 0 amide bonds. The second-order valence-corrected chi connectivity index (χ2v) is 3.49. The first-order chi connectivity index (χ1) is 7.00. The molecule has 0 aliphatic heterocycles. The molecule has 1 rings (SSSR count). The number of aliphatic carboxylic acids is 1. The zero-order valence-corrected chi connectivity index (χ0v) is 8.95. The van der Waals surface area contributed by atoms with E-state index in [1.807, 2.05) is 13.8 Å². The summed E-state index contributed by atoms with van der Waals surface area (Å²) in [5.74, 6) is -0.533. The summed E-state index contributed by atoms with van der Waals surface area (Å²) in [5.41, 5.74) is 8.22. The molecule has 5 heteroatoms. The van der Waals surface area contributed by atoms with Crippen molar-refractivity contribution in [1.29, 1.82) is 0 Å². The topological polar surface area (TPSA) is 89.1 Å². The monoisotopic (exact) mass is 209 g/mol. The van der Waals surface area contributed by atoms with Crippen LogP contribution in [0.15, 0.2) is 0 Å². The van der Waals surface area contributed by atoms with Crippen molar-refractivity contribution in [2.75, 3.05) is 5.73 Å². The molecule has 0 saturated heterocycles. The highest BCUT2D eigenvalue weighted by molar-refractivity contribution is 5.66. The number of hydrogen-bond acceptors (Lipinski definition) is 4. The van der Waals surface area contributed by atoms with Gasteiger partial charge in [-0.25, -0.2) is 9.97 Å². The minimum Gasteiger partial charge on any atom is -0.481 e. The Kier molecular flexibility index (Phi) is 3.60. The normalized spacial score (nSPS) is 10.3. The number of carbonyl (C=O) groups is 1. The van der Waals surface area contributed by atoms with Gasteiger partial charge in [0.05, 0.1) is 0 Å². The molecule has 1 aromatic heterocycles. The molecule has 5 nitrogen and oxygen atoms in total. The Morgan fingerprint density at radius 2 is 2.07 bits per heavy atom. The van der Waals surface area contributed by atoms with Gasteiger partial charge >= 0.3 is 5.97 Å². The fraction of sp³-hybridized carbons (Fsp3) is 0.500. The molecule has 0 aliphatic carbocycles. The van der Waals surface area contributed by atoms with E-state index in [0.29, 0.717) is 12.8 Å². The third-order valence-electron chi connectivity index (χ3n) is 2.31. The summed E-state index contributed by atoms with van der Waals surface area (Å²) >= 11 is 0. The predicted octanol–water partition coefficient (Wildman–Crippen LogP) is 1.08. The summed E-state index contributed by atoms with van der Waals surface area (Å²) in [6, 6.07) is 0. The van der Waals surface area contributed by atoms with Crippen molar-refractivity contribution < 1.29 is 9.90 Å². The number of carboxylic acids is 1. The van der Waals surface area contributed by atoms with E-state index in [4.69, 9.17) is 10.8 Å². The van der Waals surface area contributed by atoms with Crippen LogP contribution in [-0.2, 0) is 11.2 Å². The number of aromatic nitrogens is 2. The number of aryl methyl sites for hydroxylation is 2. The fourth-order valence-electron chi connectivity index (χ4n) is 1.36. The first kappa shape index (κ1) is 11.4. The van der Waals surface area contributed by atoms with Gasteiger partial charge in [-0.05, 0) is 32.3 Å². The molecule has 0 unspecified atom stereocenters. The van der Waals surface area contributed by atoms with E-state index in [9.17, 15) is 4.79 Å². The van der Waals surface area contributed by atoms with E-state index < -0.39 is 5.97 Å². The van der Waals surface area contributed by atoms with Crippen LogP contribution in [0.4, 0.5) is 5.95 Å². The minimum absolute atomic E-state index is 0.155. The van der Waals surface area contributed by atoms with E-state index in [2.05, 4.69) is 9.97 Å². The summed E-state index contributed by atoms with van der Waals surface area (Å²) in [5, 5.41) is 8.51. The van der Waals surface area contributed by atoms with Crippen molar-refractivity contribution in [3.8, 4) is 0 Å². The number of hydrogen-bond donors (Lipinski definition) is 2. The lowest BCUT2D eigenvalue weighted by molar-refractivity contribution is -0.137. The Hall–Kier alpha value is -1.65. The molecule has 82 valence electrons. The molecule has 0 spiro atoms. The molecule has 1 heterocycles. The van der Waals surface area contributed by atoms with Crippen molar-refractivity contribution >= 4 is 11.9 Å². The van der Waals surface area contributed by atoms with Crippen LogP contribution in [0.1, 0.15) is 29.8 Å². The zero-order valence-electron chi connectivity index (χ0n) is 8.95. The Balaban J connectivity index is 2.72. The lowest BCUT2D eigenvalue weighted by atomic mass is 10.1. The minimum atomic E-state index is -0.786. The van der Waals surface area contributed by atoms with Crippen molar-refractivity contribution in [2.24, 2.45) is 0 Å². The third kappa shape index (κ3) is 3.19. The van der Waals surface area contributed by atoms with Gasteiger partial charge in [0.25, 0.3) is 0 Å². The predicted molar refractivity (Wildman–Crippen MR) is 56.5 cm³/mol. The SMILES string of the molecule is Cc1nc(N)nc(CCCC(=O)O)c1C. The van der Waals surface area contributed by atoms with Crippen molar-refractivity contribution in [2.45, 2.75) is 33.1 Å². The van der Waals surface area contributed by atoms with Crippen molar-refractivity contribution in [3.05, 3.63) is 17.0 Å². The van der Waals surface area contributed by atoms with Gasteiger partial charge in [0, 0.05) is 17.8 Å². The molecule has 0 aliphatic rings. The molecule has 0 saturated carbocycles. The van der Waals surface area contributed by atoms with E-state index in [1.54, 1.807) is 0 Å². The van der Waals surface area contributed by atoms with E-state index in [0.717, 1.165) is 17.0 Å². The van der Waals surface area contributed by atoms with Crippen LogP contribution in [0, 0.1) is 13.8 Å². The van der Waals surface area contributed by atoms with E-state index in [-0.39, 0.29) is 12.4 Å². The lowest BCUT2D eigenvalue weighted by Crippen LogP contribution is -2.06. The van der Waals surface area contributed by atoms with Gasteiger partial charge in [0.2, 0.25) is 5.95 Å². The summed E-state index contributed by atoms with van der Waals surface area (Å²) in [7, 11) is 0. The van der Waals surface area contributed by atoms with E-state index in [1.165, 1.54) is 0 Å². The molecule has 15 heavy (non-hydrogen) atoms. The lowest BCUT2D eigenvalue weighted by Gasteiger charge is -2.07. The number of nitrogen functional groups attached to an aromatic ring is 1. The highest BCUT2D eigenvalue weighted by atomic mass is 16.4. The quantitative estimate of drug-likeness (QED) is 0.774. The summed E-state index contributed by atoms with van der Waals surface area (Å²) in [6.07, 6.45) is 1.36. The van der Waals surface area contributed by atoms with Crippen LogP contribution in [-0.4, -0.2) is 21.0 Å². The Morgan fingerprint density at radius 1 is 1.40 bits per heavy atom. The molecule has 1 aromatic rings. The van der Waals surface area contributed by atoms with Crippen LogP contribution >= 0.6 is 0 Å². The summed E-state index contributed by atoms with van der Waals surface area (Å²) < 4.78 is 0. The van der Waals surface area contributed by atoms with Gasteiger partial charge < -0.3 is 10.8 Å². The highest BCUT2D eigenvalue weighted by Gasteiger charge is 2.07. The largest absolute Gasteiger partial charge is 0.481 e. The van der Waals surface area contributed by atoms with Crippen molar-refractivity contribution in [1.82, 2.24) is 9.97 Å². The first-order valence-electron chi connectivity index (χ1n) is 4.82. The standard InChI is InChI=1S/C10H15N3O2/c1-6-7(2)12-10(11)13-8(6)4-3-5-9(14)15/h3-5H2,1-2H3,(H,14,15)(H2,11,12,13). The molecule has 0 radical (unpaired) electrons. The Bertz CT molecular complexity index is 377. The molecule has 3 N–H and O–H groups in total. The summed E-state index contributed by atoms with van der Waals surface area (Å²) in [4.78, 5) is 18.5. The number of carboxylic acid groups (broad SMARTS) is 1. The molecule has 0 bridgehead atoms. The van der Waals surface area contributed by atoms with Crippen LogP contribution in [0.3, 0.4) is 0 Å². The third-order valence-corrected chi connectivity index (χ3v) is 2.31. The van der Waals surface area contributed by atoms with Gasteiger partial charge in [-0.15, -0.1) is 0 Å². The smallest absolute Gasteiger partial charge is 0.303 e. The van der Waals surface area contributed by atoms with Gasteiger partial charge in [0.15, 0.2) is 0 Å². The van der Waals surface area contributed by atoms with Crippen molar-refractivity contribution in [3.63, 3.8) is 0 Å². The molecular formula is C10H15N3O2. The average Bonchev–Trinajstić information content (AvgIpc) is 2.12. The molecular weight excluding hydrogens is 194 g/mol. The Morgan fingerprint density at radius 3 is 2.67 bits per heavy atom. The maximum absolute atomic E-state index is 10.4. The maximum atomic E-state index is 10.4. The van der Waals surface area contributed by atoms with Crippen LogP contribution in [0.5, 0.6) is 0 Å². The number of anilines is 1. The Labute approximate surface area is 88.4 Å². The van der Waals surface area contributed by atoms with Crippen LogP contribution < -0.4 is 5.73 Å². The highest BCUT2D eigenvalue weighted by Crippen LogP contribution is 2.12. The second kappa shape index (κ2) is 4.72. The van der Waals surface area contributed by atoms with E-state index >= 15 is 0 Å². The number of nitrogens with two attached hydrogens (primary N) is 1. The molecule has 0 aromatic carbocycles.